The first-order valence-electron chi connectivity index (χ1n) is 8.32. The second-order valence-corrected chi connectivity index (χ2v) is 6.21. The van der Waals surface area contributed by atoms with Crippen LogP contribution in [0.1, 0.15) is 60.9 Å². The molecule has 0 aromatic heterocycles. The topological polar surface area (TPSA) is 75.6 Å². The number of hydrogen-bond acceptors (Lipinski definition) is 4. The van der Waals surface area contributed by atoms with Crippen LogP contribution in [0.4, 0.5) is 0 Å². The fourth-order valence-corrected chi connectivity index (χ4v) is 2.89. The number of esters is 1. The first kappa shape index (κ1) is 17.3. The van der Waals surface area contributed by atoms with Gasteiger partial charge in [0.05, 0.1) is 0 Å². The predicted octanol–water partition coefficient (Wildman–Crippen LogP) is 3.09. The van der Waals surface area contributed by atoms with Crippen molar-refractivity contribution in [2.24, 2.45) is 0 Å². The average molecular weight is 319 g/mol. The number of carbonyl (C=O) groups is 2. The van der Waals surface area contributed by atoms with Gasteiger partial charge in [0.25, 0.3) is 5.91 Å². The summed E-state index contributed by atoms with van der Waals surface area (Å²) in [5.41, 5.74) is 0.926. The van der Waals surface area contributed by atoms with E-state index in [1.54, 1.807) is 6.07 Å². The van der Waals surface area contributed by atoms with E-state index in [1.165, 1.54) is 31.4 Å². The molecule has 0 heterocycles. The van der Waals surface area contributed by atoms with Gasteiger partial charge < -0.3 is 15.2 Å². The SMILES string of the molecule is Cc1ccc(C(=O)OCC(=O)NC2CCCCCCC2)c(O)c1. The lowest BCUT2D eigenvalue weighted by Crippen LogP contribution is -2.38. The quantitative estimate of drug-likeness (QED) is 0.836. The van der Waals surface area contributed by atoms with E-state index in [9.17, 15) is 14.7 Å². The van der Waals surface area contributed by atoms with Crippen molar-refractivity contribution in [1.82, 2.24) is 5.32 Å². The van der Waals surface area contributed by atoms with E-state index in [2.05, 4.69) is 5.32 Å². The summed E-state index contributed by atoms with van der Waals surface area (Å²) in [6.07, 6.45) is 7.93. The number of phenolic OH excluding ortho intramolecular Hbond substituents is 1. The van der Waals surface area contributed by atoms with Gasteiger partial charge in [-0.05, 0) is 37.5 Å². The molecule has 1 fully saturated rings. The smallest absolute Gasteiger partial charge is 0.342 e. The van der Waals surface area contributed by atoms with Crippen LogP contribution in [0.3, 0.4) is 0 Å². The van der Waals surface area contributed by atoms with E-state index in [4.69, 9.17) is 4.74 Å². The normalized spacial score (nSPS) is 16.2. The molecule has 0 unspecified atom stereocenters. The van der Waals surface area contributed by atoms with Crippen molar-refractivity contribution in [2.45, 2.75) is 57.9 Å². The van der Waals surface area contributed by atoms with Crippen molar-refractivity contribution in [2.75, 3.05) is 6.61 Å². The van der Waals surface area contributed by atoms with Crippen LogP contribution < -0.4 is 5.32 Å². The molecule has 1 saturated carbocycles. The van der Waals surface area contributed by atoms with E-state index in [-0.39, 0.29) is 29.9 Å². The van der Waals surface area contributed by atoms with Crippen molar-refractivity contribution in [3.8, 4) is 5.75 Å². The Bertz CT molecular complexity index is 548. The Kier molecular flexibility index (Phi) is 6.44. The van der Waals surface area contributed by atoms with Gasteiger partial charge in [-0.1, -0.05) is 38.2 Å². The Balaban J connectivity index is 1.80. The Morgan fingerprint density at radius 2 is 1.83 bits per heavy atom. The third kappa shape index (κ3) is 5.58. The van der Waals surface area contributed by atoms with Crippen molar-refractivity contribution in [3.05, 3.63) is 29.3 Å². The van der Waals surface area contributed by atoms with E-state index in [0.717, 1.165) is 31.2 Å². The van der Waals surface area contributed by atoms with Gasteiger partial charge in [-0.2, -0.15) is 0 Å². The summed E-state index contributed by atoms with van der Waals surface area (Å²) < 4.78 is 5.00. The Labute approximate surface area is 137 Å². The fourth-order valence-electron chi connectivity index (χ4n) is 2.89. The molecule has 2 N–H and O–H groups in total. The summed E-state index contributed by atoms with van der Waals surface area (Å²) in [5.74, 6) is -1.10. The molecular weight excluding hydrogens is 294 g/mol. The number of nitrogens with one attached hydrogen (secondary N) is 1. The number of ether oxygens (including phenoxy) is 1. The van der Waals surface area contributed by atoms with Crippen molar-refractivity contribution >= 4 is 11.9 Å². The lowest BCUT2D eigenvalue weighted by molar-refractivity contribution is -0.125. The highest BCUT2D eigenvalue weighted by Crippen LogP contribution is 2.19. The van der Waals surface area contributed by atoms with Crippen LogP contribution in [0.15, 0.2) is 18.2 Å². The van der Waals surface area contributed by atoms with E-state index < -0.39 is 5.97 Å². The van der Waals surface area contributed by atoms with Gasteiger partial charge in [-0.3, -0.25) is 4.79 Å². The second-order valence-electron chi connectivity index (χ2n) is 6.21. The highest BCUT2D eigenvalue weighted by Gasteiger charge is 2.17. The van der Waals surface area contributed by atoms with Crippen molar-refractivity contribution < 1.29 is 19.4 Å². The lowest BCUT2D eigenvalue weighted by Gasteiger charge is -2.20. The van der Waals surface area contributed by atoms with E-state index in [1.807, 2.05) is 6.92 Å². The van der Waals surface area contributed by atoms with Gasteiger partial charge in [0.1, 0.15) is 11.3 Å². The summed E-state index contributed by atoms with van der Waals surface area (Å²) in [6, 6.07) is 4.88. The molecule has 5 nitrogen and oxygen atoms in total. The number of aromatic hydroxyl groups is 1. The zero-order chi connectivity index (χ0) is 16.7. The molecule has 0 bridgehead atoms. The maximum Gasteiger partial charge on any atom is 0.342 e. The number of benzene rings is 1. The minimum absolute atomic E-state index is 0.0781. The number of aryl methyl sites for hydroxylation is 1. The van der Waals surface area contributed by atoms with Gasteiger partial charge in [0, 0.05) is 6.04 Å². The minimum Gasteiger partial charge on any atom is -0.507 e. The molecule has 1 amide bonds. The summed E-state index contributed by atoms with van der Waals surface area (Å²) in [6.45, 7) is 1.50. The third-order valence-electron chi connectivity index (χ3n) is 4.18. The first-order chi connectivity index (χ1) is 11.1. The monoisotopic (exact) mass is 319 g/mol. The largest absolute Gasteiger partial charge is 0.507 e. The molecule has 1 aliphatic carbocycles. The Hall–Kier alpha value is -2.04. The van der Waals surface area contributed by atoms with Gasteiger partial charge >= 0.3 is 5.97 Å². The molecule has 2 rings (SSSR count). The van der Waals surface area contributed by atoms with Crippen LogP contribution >= 0.6 is 0 Å². The van der Waals surface area contributed by atoms with Crippen LogP contribution in [-0.4, -0.2) is 29.6 Å². The standard InChI is InChI=1S/C18H25NO4/c1-13-9-10-15(16(20)11-13)18(22)23-12-17(21)19-14-7-5-3-2-4-6-8-14/h9-11,14,20H,2-8,12H2,1H3,(H,19,21). The highest BCUT2D eigenvalue weighted by atomic mass is 16.5. The molecule has 126 valence electrons. The summed E-state index contributed by atoms with van der Waals surface area (Å²) in [7, 11) is 0. The molecule has 1 aromatic carbocycles. The van der Waals surface area contributed by atoms with Crippen molar-refractivity contribution in [3.63, 3.8) is 0 Å². The van der Waals surface area contributed by atoms with Crippen LogP contribution in [0.25, 0.3) is 0 Å². The highest BCUT2D eigenvalue weighted by molar-refractivity contribution is 5.93. The number of amides is 1. The van der Waals surface area contributed by atoms with Crippen LogP contribution in [0, 0.1) is 6.92 Å². The van der Waals surface area contributed by atoms with Crippen LogP contribution in [0.2, 0.25) is 0 Å². The van der Waals surface area contributed by atoms with E-state index in [0.29, 0.717) is 0 Å². The molecule has 1 aliphatic rings. The van der Waals surface area contributed by atoms with Crippen LogP contribution in [0.5, 0.6) is 5.75 Å². The first-order valence-corrected chi connectivity index (χ1v) is 8.32. The van der Waals surface area contributed by atoms with E-state index >= 15 is 0 Å². The summed E-state index contributed by atoms with van der Waals surface area (Å²) >= 11 is 0. The molecular formula is C18H25NO4. The minimum atomic E-state index is -0.685. The molecule has 0 radical (unpaired) electrons. The molecule has 0 saturated heterocycles. The molecule has 0 atom stereocenters. The Morgan fingerprint density at radius 1 is 1.17 bits per heavy atom. The number of phenols is 1. The molecule has 0 spiro atoms. The average Bonchev–Trinajstić information content (AvgIpc) is 2.47. The van der Waals surface area contributed by atoms with Gasteiger partial charge in [-0.25, -0.2) is 4.79 Å². The number of carbonyl (C=O) groups excluding carboxylic acids is 2. The van der Waals surface area contributed by atoms with Gasteiger partial charge in [0.2, 0.25) is 0 Å². The van der Waals surface area contributed by atoms with Gasteiger partial charge in [-0.15, -0.1) is 0 Å². The number of hydrogen-bond donors (Lipinski definition) is 2. The van der Waals surface area contributed by atoms with Crippen molar-refractivity contribution in [1.29, 1.82) is 0 Å². The zero-order valence-electron chi connectivity index (χ0n) is 13.6. The molecule has 0 aliphatic heterocycles. The third-order valence-corrected chi connectivity index (χ3v) is 4.18. The van der Waals surface area contributed by atoms with Crippen LogP contribution in [-0.2, 0) is 9.53 Å². The number of rotatable bonds is 4. The fraction of sp³-hybridized carbons (Fsp3) is 0.556. The molecule has 1 aromatic rings. The Morgan fingerprint density at radius 3 is 2.48 bits per heavy atom. The lowest BCUT2D eigenvalue weighted by atomic mass is 9.97. The second kappa shape index (κ2) is 8.56. The molecule has 5 heteroatoms. The van der Waals surface area contributed by atoms with Gasteiger partial charge in [0.15, 0.2) is 6.61 Å². The maximum atomic E-state index is 11.9. The zero-order valence-corrected chi connectivity index (χ0v) is 13.6. The summed E-state index contributed by atoms with van der Waals surface area (Å²) in [5, 5.41) is 12.7. The summed E-state index contributed by atoms with van der Waals surface area (Å²) in [4.78, 5) is 23.8. The predicted molar refractivity (Wildman–Crippen MR) is 87.4 cm³/mol. The molecule has 23 heavy (non-hydrogen) atoms. The maximum absolute atomic E-state index is 11.9.